The topological polar surface area (TPSA) is 104 Å². The van der Waals surface area contributed by atoms with Crippen LogP contribution >= 0.6 is 23.1 Å². The van der Waals surface area contributed by atoms with Crippen molar-refractivity contribution in [2.45, 2.75) is 46.7 Å². The monoisotopic (exact) mass is 749 g/mol. The first-order chi connectivity index (χ1) is 25.2. The summed E-state index contributed by atoms with van der Waals surface area (Å²) in [5, 5.41) is 1.05. The molecule has 6 aromatic rings. The van der Waals surface area contributed by atoms with E-state index in [-0.39, 0.29) is 12.0 Å². The molecule has 4 heterocycles. The highest BCUT2D eigenvalue weighted by atomic mass is 32.2. The first-order valence-corrected chi connectivity index (χ1v) is 20.6. The van der Waals surface area contributed by atoms with Gasteiger partial charge in [0.05, 0.1) is 37.6 Å². The van der Waals surface area contributed by atoms with Crippen LogP contribution in [0.1, 0.15) is 49.2 Å². The van der Waals surface area contributed by atoms with Crippen LogP contribution < -0.4 is 19.3 Å². The molecule has 52 heavy (non-hydrogen) atoms. The Kier molecular flexibility index (Phi) is 10.3. The number of thioether (sulfide) groups is 1. The number of para-hydroxylation sites is 2. The van der Waals surface area contributed by atoms with Gasteiger partial charge in [-0.15, -0.1) is 11.3 Å². The van der Waals surface area contributed by atoms with E-state index in [2.05, 4.69) is 81.5 Å². The molecule has 3 aromatic carbocycles. The number of allylic oxidation sites excluding steroid dienone is 1. The summed E-state index contributed by atoms with van der Waals surface area (Å²) in [6, 6.07) is 30.8. The number of unbranched alkanes of at least 4 members (excludes halogenated alkanes) is 1. The molecule has 0 unspecified atom stereocenters. The van der Waals surface area contributed by atoms with E-state index in [0.717, 1.165) is 55.5 Å². The maximum atomic E-state index is 13.9. The fourth-order valence-corrected chi connectivity index (χ4v) is 9.56. The Hall–Kier alpha value is -4.75. The van der Waals surface area contributed by atoms with Crippen LogP contribution in [0.5, 0.6) is 0 Å². The largest absolute Gasteiger partial charge is 0.748 e. The lowest BCUT2D eigenvalue weighted by Gasteiger charge is -2.21. The average molecular weight is 750 g/mol. The summed E-state index contributed by atoms with van der Waals surface area (Å²) >= 11 is 3.16. The molecule has 0 saturated heterocycles. The smallest absolute Gasteiger partial charge is 0.404 e. The lowest BCUT2D eigenvalue weighted by atomic mass is 10.1. The van der Waals surface area contributed by atoms with Crippen LogP contribution in [0.4, 0.5) is 0 Å². The normalized spacial score (nSPS) is 15.3. The highest BCUT2D eigenvalue weighted by molar-refractivity contribution is 8.12. The zero-order valence-electron chi connectivity index (χ0n) is 29.2. The predicted molar refractivity (Wildman–Crippen MR) is 211 cm³/mol. The highest BCUT2D eigenvalue weighted by Gasteiger charge is 2.29. The number of rotatable bonds is 11. The summed E-state index contributed by atoms with van der Waals surface area (Å²) in [7, 11) is -4.31. The zero-order chi connectivity index (χ0) is 36.4. The number of imidazole rings is 1. The molecule has 0 saturated carbocycles. The molecule has 1 aliphatic heterocycles. The van der Waals surface area contributed by atoms with Crippen molar-refractivity contribution in [2.75, 3.05) is 12.3 Å². The summed E-state index contributed by atoms with van der Waals surface area (Å²) in [5.74, 6) is 0.299. The molecular formula is C40H39N5O4S3. The Bertz CT molecular complexity index is 2640. The first kappa shape index (κ1) is 35.6. The van der Waals surface area contributed by atoms with Gasteiger partial charge >= 0.3 is 5.78 Å². The predicted octanol–water partition coefficient (Wildman–Crippen LogP) is 5.70. The number of nitrogens with zero attached hydrogens (tertiary/aromatic N) is 5. The quantitative estimate of drug-likeness (QED) is 0.0952. The van der Waals surface area contributed by atoms with Crippen molar-refractivity contribution in [2.24, 2.45) is 0 Å². The summed E-state index contributed by atoms with van der Waals surface area (Å²) < 4.78 is 41.4. The number of fused-ring (bicyclic) bond motifs is 3. The molecule has 0 spiro atoms. The second-order valence-corrected chi connectivity index (χ2v) is 16.1. The first-order valence-electron chi connectivity index (χ1n) is 17.3. The molecule has 0 radical (unpaired) electrons. The minimum atomic E-state index is -4.31. The molecule has 1 aliphatic rings. The molecule has 12 heteroatoms. The summed E-state index contributed by atoms with van der Waals surface area (Å²) in [6.07, 6.45) is 6.72. The van der Waals surface area contributed by atoms with E-state index in [1.54, 1.807) is 16.3 Å². The summed E-state index contributed by atoms with van der Waals surface area (Å²) in [5.41, 5.74) is 7.01. The van der Waals surface area contributed by atoms with E-state index in [9.17, 15) is 17.8 Å². The van der Waals surface area contributed by atoms with Crippen molar-refractivity contribution in [1.29, 1.82) is 0 Å². The highest BCUT2D eigenvalue weighted by Crippen LogP contribution is 2.50. The fraction of sp³-hybridized carbons (Fsp3) is 0.225. The van der Waals surface area contributed by atoms with E-state index in [1.165, 1.54) is 16.2 Å². The van der Waals surface area contributed by atoms with E-state index in [0.29, 0.717) is 29.8 Å². The molecule has 0 amide bonds. The molecule has 7 rings (SSSR count). The summed E-state index contributed by atoms with van der Waals surface area (Å²) in [4.78, 5) is 22.3. The standard InChI is InChI=1S/C40H39N5O4S3/c1-4-42-35(51-38(30-18-10-7-11-19-30)37(42)29-16-8-6-9-17-29)23-22-34-39(46)43(5-2)36(50-34)27-31-26-28(3)45-33-21-13-12-20-32(33)41-40(45)44(31)24-14-15-25-52(47,48)49/h6-13,16-23,26-27H,4-5,14-15,24-25H2,1-3H3/b34-22-,35-23+. The number of benzene rings is 3. The Labute approximate surface area is 311 Å². The molecule has 0 aliphatic carbocycles. The molecular weight excluding hydrogens is 711 g/mol. The molecule has 0 N–H and O–H groups in total. The van der Waals surface area contributed by atoms with Crippen molar-refractivity contribution in [3.8, 4) is 0 Å². The van der Waals surface area contributed by atoms with E-state index in [1.807, 2.05) is 62.4 Å². The number of aromatic nitrogens is 4. The third kappa shape index (κ3) is 7.16. The molecule has 0 bridgehead atoms. The average Bonchev–Trinajstić information content (AvgIpc) is 3.81. The second-order valence-electron chi connectivity index (χ2n) is 12.5. The van der Waals surface area contributed by atoms with Crippen molar-refractivity contribution in [1.82, 2.24) is 18.9 Å². The van der Waals surface area contributed by atoms with Crippen LogP contribution in [0.15, 0.2) is 107 Å². The van der Waals surface area contributed by atoms with Crippen molar-refractivity contribution in [3.63, 3.8) is 0 Å². The third-order valence-electron chi connectivity index (χ3n) is 9.09. The lowest BCUT2D eigenvalue weighted by Crippen LogP contribution is -2.41. The minimum Gasteiger partial charge on any atom is -0.748 e. The van der Waals surface area contributed by atoms with Crippen LogP contribution in [0.25, 0.3) is 39.6 Å². The number of hydrogen-bond donors (Lipinski definition) is 0. The number of hydrogen-bond acceptors (Lipinski definition) is 8. The second kappa shape index (κ2) is 15.1. The Morgan fingerprint density at radius 2 is 1.58 bits per heavy atom. The molecule has 266 valence electrons. The van der Waals surface area contributed by atoms with Crippen molar-refractivity contribution < 1.29 is 17.5 Å². The number of aryl methyl sites for hydroxylation is 2. The van der Waals surface area contributed by atoms with Gasteiger partial charge in [0.2, 0.25) is 0 Å². The third-order valence-corrected chi connectivity index (χ3v) is 12.2. The van der Waals surface area contributed by atoms with Crippen molar-refractivity contribution >= 4 is 72.8 Å². The Morgan fingerprint density at radius 3 is 2.27 bits per heavy atom. The zero-order valence-corrected chi connectivity index (χ0v) is 31.7. The number of thiazole rings is 1. The van der Waals surface area contributed by atoms with E-state index >= 15 is 0 Å². The van der Waals surface area contributed by atoms with E-state index in [4.69, 9.17) is 4.98 Å². The van der Waals surface area contributed by atoms with Crippen LogP contribution in [0, 0.1) is 6.92 Å². The van der Waals surface area contributed by atoms with Gasteiger partial charge in [-0.25, -0.2) is 13.0 Å². The fourth-order valence-electron chi connectivity index (χ4n) is 6.69. The van der Waals surface area contributed by atoms with Gasteiger partial charge in [0.25, 0.3) is 5.56 Å². The minimum absolute atomic E-state index is 0.0577. The molecule has 0 fully saturated rings. The van der Waals surface area contributed by atoms with Gasteiger partial charge < -0.3 is 9.45 Å². The molecule has 3 aromatic heterocycles. The summed E-state index contributed by atoms with van der Waals surface area (Å²) in [6.45, 7) is 7.85. The maximum Gasteiger partial charge on any atom is 0.404 e. The SMILES string of the molecule is CCN1C(c2ccccc2)=C(c2ccccc2)S/C1=C/C=c1\s/c(=C\c2cc(C)n3c4ccccc4nc3[n+]2CCCCS(=O)(=O)[O-])n(CC)c1=O. The van der Waals surface area contributed by atoms with Gasteiger partial charge in [-0.2, -0.15) is 4.40 Å². The van der Waals surface area contributed by atoms with Crippen LogP contribution in [0.3, 0.4) is 0 Å². The van der Waals surface area contributed by atoms with Crippen LogP contribution in [0.2, 0.25) is 0 Å². The van der Waals surface area contributed by atoms with E-state index < -0.39 is 15.9 Å². The lowest BCUT2D eigenvalue weighted by molar-refractivity contribution is -0.678. The molecule has 0 atom stereocenters. The van der Waals surface area contributed by atoms with Gasteiger partial charge in [0, 0.05) is 35.9 Å². The molecule has 9 nitrogen and oxygen atoms in total. The van der Waals surface area contributed by atoms with Gasteiger partial charge in [0.1, 0.15) is 15.9 Å². The Balaban J connectivity index is 1.32. The van der Waals surface area contributed by atoms with Gasteiger partial charge in [0.15, 0.2) is 5.52 Å². The van der Waals surface area contributed by atoms with Gasteiger partial charge in [-0.1, -0.05) is 89.5 Å². The van der Waals surface area contributed by atoms with Gasteiger partial charge in [-0.05, 0) is 69.0 Å². The maximum absolute atomic E-state index is 13.9. The van der Waals surface area contributed by atoms with Crippen LogP contribution in [-0.2, 0) is 23.2 Å². The van der Waals surface area contributed by atoms with Crippen LogP contribution in [-0.4, -0.2) is 44.1 Å². The van der Waals surface area contributed by atoms with Gasteiger partial charge in [-0.3, -0.25) is 9.36 Å². The Morgan fingerprint density at radius 1 is 0.885 bits per heavy atom. The van der Waals surface area contributed by atoms with Crippen molar-refractivity contribution in [3.05, 3.63) is 144 Å².